The fraction of sp³-hybridized carbons (Fsp3) is 0.417. The molecule has 1 aliphatic heterocycles. The maximum absolute atomic E-state index is 5.97. The molecule has 18 heavy (non-hydrogen) atoms. The minimum absolute atomic E-state index is 0.169. The average molecular weight is 265 g/mol. The van der Waals surface area contributed by atoms with Crippen LogP contribution in [0.1, 0.15) is 0 Å². The molecule has 1 saturated heterocycles. The van der Waals surface area contributed by atoms with Crippen LogP contribution in [0.25, 0.3) is 11.2 Å². The van der Waals surface area contributed by atoms with E-state index in [0.29, 0.717) is 24.7 Å². The third-order valence-electron chi connectivity index (χ3n) is 3.02. The fourth-order valence-corrected chi connectivity index (χ4v) is 2.34. The number of nitrogens with zero attached hydrogens (tertiary/aromatic N) is 4. The lowest BCUT2D eigenvalue weighted by Crippen LogP contribution is -2.47. The smallest absolute Gasteiger partial charge is 0.180 e. The van der Waals surface area contributed by atoms with E-state index in [1.54, 1.807) is 12.4 Å². The number of morpholine rings is 1. The second-order valence-electron chi connectivity index (χ2n) is 4.14. The third-order valence-corrected chi connectivity index (χ3v) is 3.37. The molecule has 0 amide bonds. The topological polar surface area (TPSA) is 51.1 Å². The van der Waals surface area contributed by atoms with Gasteiger partial charge in [0.25, 0.3) is 0 Å². The van der Waals surface area contributed by atoms with Crippen molar-refractivity contribution in [3.8, 4) is 0 Å². The molecule has 1 unspecified atom stereocenters. The summed E-state index contributed by atoms with van der Waals surface area (Å²) in [5.41, 5.74) is 1.46. The number of rotatable bonds is 2. The molecule has 0 aliphatic carbocycles. The number of ether oxygens (including phenoxy) is 1. The molecular formula is C12H13ClN4O. The molecule has 0 spiro atoms. The van der Waals surface area contributed by atoms with E-state index in [4.69, 9.17) is 16.3 Å². The van der Waals surface area contributed by atoms with E-state index in [0.717, 1.165) is 17.9 Å². The van der Waals surface area contributed by atoms with Gasteiger partial charge in [0.2, 0.25) is 0 Å². The Morgan fingerprint density at radius 1 is 1.33 bits per heavy atom. The molecule has 2 aromatic rings. The summed E-state index contributed by atoms with van der Waals surface area (Å²) >= 11 is 5.97. The Bertz CT molecular complexity index is 550. The standard InChI is InChI=1S/C12H13ClN4O/c13-7-9-8-18-6-5-17(9)11-2-1-10-12(16-11)15-4-3-14-10/h1-4,9H,5-8H2. The second kappa shape index (κ2) is 5.04. The second-order valence-corrected chi connectivity index (χ2v) is 4.45. The van der Waals surface area contributed by atoms with Crippen molar-refractivity contribution in [2.75, 3.05) is 30.5 Å². The number of anilines is 1. The molecular weight excluding hydrogens is 252 g/mol. The van der Waals surface area contributed by atoms with Crippen LogP contribution in [0.5, 0.6) is 0 Å². The summed E-state index contributed by atoms with van der Waals surface area (Å²) in [5, 5.41) is 0. The number of halogens is 1. The van der Waals surface area contributed by atoms with Crippen molar-refractivity contribution in [1.29, 1.82) is 0 Å². The first-order valence-corrected chi connectivity index (χ1v) is 6.40. The van der Waals surface area contributed by atoms with Crippen molar-refractivity contribution < 1.29 is 4.74 Å². The Morgan fingerprint density at radius 3 is 3.11 bits per heavy atom. The van der Waals surface area contributed by atoms with E-state index in [-0.39, 0.29) is 6.04 Å². The van der Waals surface area contributed by atoms with Gasteiger partial charge in [0.15, 0.2) is 5.65 Å². The van der Waals surface area contributed by atoms with Crippen molar-refractivity contribution >= 4 is 28.6 Å². The fourth-order valence-electron chi connectivity index (χ4n) is 2.09. The zero-order chi connectivity index (χ0) is 12.4. The third kappa shape index (κ3) is 2.11. The first kappa shape index (κ1) is 11.6. The largest absolute Gasteiger partial charge is 0.377 e. The zero-order valence-corrected chi connectivity index (χ0v) is 10.5. The predicted molar refractivity (Wildman–Crippen MR) is 70.0 cm³/mol. The van der Waals surface area contributed by atoms with Gasteiger partial charge in [0, 0.05) is 24.8 Å². The Hall–Kier alpha value is -1.46. The minimum atomic E-state index is 0.169. The molecule has 1 atom stereocenters. The molecule has 0 bridgehead atoms. The predicted octanol–water partition coefficient (Wildman–Crippen LogP) is 1.47. The number of hydrogen-bond donors (Lipinski definition) is 0. The summed E-state index contributed by atoms with van der Waals surface area (Å²) in [5.74, 6) is 1.41. The number of fused-ring (bicyclic) bond motifs is 1. The van der Waals surface area contributed by atoms with E-state index in [1.807, 2.05) is 12.1 Å². The maximum Gasteiger partial charge on any atom is 0.180 e. The highest BCUT2D eigenvalue weighted by Gasteiger charge is 2.23. The minimum Gasteiger partial charge on any atom is -0.377 e. The van der Waals surface area contributed by atoms with Gasteiger partial charge >= 0.3 is 0 Å². The highest BCUT2D eigenvalue weighted by atomic mass is 35.5. The molecule has 0 radical (unpaired) electrons. The van der Waals surface area contributed by atoms with Crippen LogP contribution in [0.15, 0.2) is 24.5 Å². The average Bonchev–Trinajstić information content (AvgIpc) is 2.46. The summed E-state index contributed by atoms with van der Waals surface area (Å²) in [7, 11) is 0. The molecule has 0 saturated carbocycles. The first-order chi connectivity index (χ1) is 8.88. The van der Waals surface area contributed by atoms with Crippen molar-refractivity contribution in [2.45, 2.75) is 6.04 Å². The Labute approximate surface area is 110 Å². The van der Waals surface area contributed by atoms with Crippen LogP contribution in [-0.2, 0) is 4.74 Å². The van der Waals surface area contributed by atoms with E-state index in [1.165, 1.54) is 0 Å². The van der Waals surface area contributed by atoms with Gasteiger partial charge in [0.1, 0.15) is 11.3 Å². The molecule has 3 rings (SSSR count). The maximum atomic E-state index is 5.97. The van der Waals surface area contributed by atoms with Gasteiger partial charge < -0.3 is 9.64 Å². The highest BCUT2D eigenvalue weighted by molar-refractivity contribution is 6.18. The van der Waals surface area contributed by atoms with Crippen LogP contribution < -0.4 is 4.90 Å². The van der Waals surface area contributed by atoms with Crippen LogP contribution in [0.4, 0.5) is 5.82 Å². The Kier molecular flexibility index (Phi) is 3.25. The van der Waals surface area contributed by atoms with Crippen molar-refractivity contribution in [1.82, 2.24) is 15.0 Å². The van der Waals surface area contributed by atoms with E-state index in [9.17, 15) is 0 Å². The van der Waals surface area contributed by atoms with Crippen LogP contribution in [-0.4, -0.2) is 46.6 Å². The van der Waals surface area contributed by atoms with Gasteiger partial charge in [-0.05, 0) is 12.1 Å². The van der Waals surface area contributed by atoms with Crippen LogP contribution in [0, 0.1) is 0 Å². The summed E-state index contributed by atoms with van der Waals surface area (Å²) in [6, 6.07) is 4.06. The van der Waals surface area contributed by atoms with Crippen LogP contribution in [0.2, 0.25) is 0 Å². The molecule has 94 valence electrons. The van der Waals surface area contributed by atoms with Gasteiger partial charge in [-0.2, -0.15) is 0 Å². The monoisotopic (exact) mass is 264 g/mol. The lowest BCUT2D eigenvalue weighted by atomic mass is 10.2. The van der Waals surface area contributed by atoms with Gasteiger partial charge in [-0.1, -0.05) is 0 Å². The number of pyridine rings is 1. The van der Waals surface area contributed by atoms with Gasteiger partial charge in [-0.3, -0.25) is 4.98 Å². The molecule has 2 aromatic heterocycles. The SMILES string of the molecule is ClCC1COCCN1c1ccc2nccnc2n1. The Morgan fingerprint density at radius 2 is 2.22 bits per heavy atom. The number of aromatic nitrogens is 3. The first-order valence-electron chi connectivity index (χ1n) is 5.86. The van der Waals surface area contributed by atoms with Gasteiger partial charge in [0.05, 0.1) is 19.3 Å². The summed E-state index contributed by atoms with van der Waals surface area (Å²) in [4.78, 5) is 15.1. The molecule has 1 aliphatic rings. The highest BCUT2D eigenvalue weighted by Crippen LogP contribution is 2.20. The van der Waals surface area contributed by atoms with Crippen molar-refractivity contribution in [3.63, 3.8) is 0 Å². The zero-order valence-electron chi connectivity index (χ0n) is 9.79. The molecule has 0 N–H and O–H groups in total. The van der Waals surface area contributed by atoms with Gasteiger partial charge in [-0.15, -0.1) is 11.6 Å². The molecule has 5 nitrogen and oxygen atoms in total. The quantitative estimate of drug-likeness (QED) is 0.769. The summed E-state index contributed by atoms with van der Waals surface area (Å²) in [6.45, 7) is 2.15. The number of alkyl halides is 1. The molecule has 1 fully saturated rings. The lowest BCUT2D eigenvalue weighted by molar-refractivity contribution is 0.0994. The van der Waals surface area contributed by atoms with E-state index < -0.39 is 0 Å². The lowest BCUT2D eigenvalue weighted by Gasteiger charge is -2.35. The van der Waals surface area contributed by atoms with Crippen LogP contribution in [0.3, 0.4) is 0 Å². The van der Waals surface area contributed by atoms with Crippen LogP contribution >= 0.6 is 11.6 Å². The number of hydrogen-bond acceptors (Lipinski definition) is 5. The summed E-state index contributed by atoms with van der Waals surface area (Å²) < 4.78 is 5.43. The summed E-state index contributed by atoms with van der Waals surface area (Å²) in [6.07, 6.45) is 3.32. The Balaban J connectivity index is 1.97. The molecule has 3 heterocycles. The van der Waals surface area contributed by atoms with Crippen molar-refractivity contribution in [2.24, 2.45) is 0 Å². The normalized spacial score (nSPS) is 20.3. The molecule has 0 aromatic carbocycles. The van der Waals surface area contributed by atoms with E-state index >= 15 is 0 Å². The van der Waals surface area contributed by atoms with Gasteiger partial charge in [-0.25, -0.2) is 9.97 Å². The van der Waals surface area contributed by atoms with E-state index in [2.05, 4.69) is 19.9 Å². The van der Waals surface area contributed by atoms with Crippen molar-refractivity contribution in [3.05, 3.63) is 24.5 Å². The molecule has 6 heteroatoms.